The number of aromatic nitrogens is 3. The van der Waals surface area contributed by atoms with Gasteiger partial charge in [-0.1, -0.05) is 13.5 Å². The van der Waals surface area contributed by atoms with Crippen LogP contribution in [0.1, 0.15) is 33.9 Å². The van der Waals surface area contributed by atoms with Gasteiger partial charge in [0.1, 0.15) is 9.71 Å². The van der Waals surface area contributed by atoms with Gasteiger partial charge in [0, 0.05) is 42.0 Å². The van der Waals surface area contributed by atoms with Crippen LogP contribution in [0.2, 0.25) is 0 Å². The first-order valence-electron chi connectivity index (χ1n) is 9.37. The molecule has 0 spiro atoms. The fourth-order valence-electron chi connectivity index (χ4n) is 3.51. The van der Waals surface area contributed by atoms with Crippen LogP contribution in [0.3, 0.4) is 0 Å². The van der Waals surface area contributed by atoms with E-state index in [2.05, 4.69) is 15.4 Å². The average Bonchev–Trinajstić information content (AvgIpc) is 3.29. The van der Waals surface area contributed by atoms with Crippen molar-refractivity contribution in [2.45, 2.75) is 27.8 Å². The highest BCUT2D eigenvalue weighted by molar-refractivity contribution is 7.21. The van der Waals surface area contributed by atoms with Gasteiger partial charge in [-0.05, 0) is 43.2 Å². The van der Waals surface area contributed by atoms with E-state index in [-0.39, 0.29) is 25.6 Å². The summed E-state index contributed by atoms with van der Waals surface area (Å²) in [6.45, 7) is 4.16. The molecule has 0 saturated carbocycles. The van der Waals surface area contributed by atoms with Crippen LogP contribution in [0, 0.1) is 19.7 Å². The Balaban J connectivity index is 0.00000272. The van der Waals surface area contributed by atoms with Crippen molar-refractivity contribution in [3.63, 3.8) is 0 Å². The summed E-state index contributed by atoms with van der Waals surface area (Å²) in [5.41, 5.74) is 4.30. The molecule has 1 aromatic carbocycles. The van der Waals surface area contributed by atoms with E-state index >= 15 is 0 Å². The Morgan fingerprint density at radius 1 is 1.29 bits per heavy atom. The number of rotatable bonds is 5. The van der Waals surface area contributed by atoms with E-state index in [9.17, 15) is 9.18 Å². The monoisotopic (exact) mass is 440 g/mol. The molecular weight excluding hydrogens is 415 g/mol. The lowest BCUT2D eigenvalue weighted by molar-refractivity contribution is 0.0955. The molecule has 0 atom stereocenters. The van der Waals surface area contributed by atoms with Gasteiger partial charge >= 0.3 is 0 Å². The van der Waals surface area contributed by atoms with Crippen molar-refractivity contribution in [1.29, 1.82) is 0 Å². The van der Waals surface area contributed by atoms with Crippen molar-refractivity contribution in [2.24, 2.45) is 7.05 Å². The highest BCUT2D eigenvalue weighted by Gasteiger charge is 2.23. The molecule has 0 aliphatic heterocycles. The van der Waals surface area contributed by atoms with Crippen LogP contribution in [-0.2, 0) is 13.6 Å². The number of halogens is 1. The normalized spacial score (nSPS) is 10.7. The van der Waals surface area contributed by atoms with Gasteiger partial charge < -0.3 is 10.1 Å². The third-order valence-electron chi connectivity index (χ3n) is 4.86. The Morgan fingerprint density at radius 2 is 2.06 bits per heavy atom. The smallest absolute Gasteiger partial charge is 0.262 e. The molecular formula is C23H25FN4O2S. The molecule has 8 heteroatoms. The molecule has 31 heavy (non-hydrogen) atoms. The molecule has 0 radical (unpaired) electrons. The predicted molar refractivity (Wildman–Crippen MR) is 122 cm³/mol. The quantitative estimate of drug-likeness (QED) is 0.473. The Morgan fingerprint density at radius 3 is 2.71 bits per heavy atom. The van der Waals surface area contributed by atoms with Crippen molar-refractivity contribution in [2.75, 3.05) is 7.11 Å². The first-order valence-corrected chi connectivity index (χ1v) is 10.2. The summed E-state index contributed by atoms with van der Waals surface area (Å²) in [6.07, 6.45) is 3.63. The third kappa shape index (κ3) is 4.29. The number of amides is 1. The largest absolute Gasteiger partial charge is 0.494 e. The molecule has 1 amide bonds. The van der Waals surface area contributed by atoms with E-state index in [1.165, 1.54) is 24.5 Å². The average molecular weight is 441 g/mol. The molecule has 1 N–H and O–H groups in total. The second-order valence-corrected chi connectivity index (χ2v) is 8.12. The molecule has 0 fully saturated rings. The minimum Gasteiger partial charge on any atom is -0.494 e. The van der Waals surface area contributed by atoms with Crippen LogP contribution in [0.15, 0.2) is 36.7 Å². The van der Waals surface area contributed by atoms with Crippen molar-refractivity contribution < 1.29 is 13.9 Å². The molecule has 0 bridgehead atoms. The number of aryl methyl sites for hydroxylation is 3. The van der Waals surface area contributed by atoms with E-state index < -0.39 is 5.82 Å². The summed E-state index contributed by atoms with van der Waals surface area (Å²) >= 11 is 1.35. The maximum Gasteiger partial charge on any atom is 0.262 e. The molecule has 0 aliphatic rings. The van der Waals surface area contributed by atoms with Crippen LogP contribution < -0.4 is 10.1 Å². The van der Waals surface area contributed by atoms with Crippen molar-refractivity contribution in [3.05, 3.63) is 64.2 Å². The molecule has 162 valence electrons. The fourth-order valence-corrected chi connectivity index (χ4v) is 4.74. The topological polar surface area (TPSA) is 69.0 Å². The second-order valence-electron chi connectivity index (χ2n) is 7.12. The van der Waals surface area contributed by atoms with Gasteiger partial charge in [-0.25, -0.2) is 9.37 Å². The van der Waals surface area contributed by atoms with Crippen molar-refractivity contribution in [1.82, 2.24) is 20.1 Å². The lowest BCUT2D eigenvalue weighted by Crippen LogP contribution is -2.22. The molecule has 3 aromatic heterocycles. The number of pyridine rings is 1. The zero-order chi connectivity index (χ0) is 21.4. The van der Waals surface area contributed by atoms with Crippen molar-refractivity contribution in [3.8, 4) is 16.9 Å². The maximum atomic E-state index is 14.0. The minimum atomic E-state index is -0.461. The number of fused-ring (bicyclic) bond motifs is 1. The fraction of sp³-hybridized carbons (Fsp3) is 0.261. The van der Waals surface area contributed by atoms with Gasteiger partial charge in [-0.3, -0.25) is 9.48 Å². The Bertz CT molecular complexity index is 1260. The zero-order valence-corrected chi connectivity index (χ0v) is 17.9. The van der Waals surface area contributed by atoms with Crippen LogP contribution in [0.4, 0.5) is 4.39 Å². The van der Waals surface area contributed by atoms with Crippen LogP contribution >= 0.6 is 11.3 Å². The van der Waals surface area contributed by atoms with E-state index in [4.69, 9.17) is 4.74 Å². The molecule has 0 aliphatic carbocycles. The summed E-state index contributed by atoms with van der Waals surface area (Å²) in [4.78, 5) is 19.1. The van der Waals surface area contributed by atoms with Gasteiger partial charge in [-0.2, -0.15) is 5.10 Å². The van der Waals surface area contributed by atoms with Crippen LogP contribution in [0.25, 0.3) is 21.3 Å². The first-order chi connectivity index (χ1) is 14.4. The number of hydrogen-bond donors (Lipinski definition) is 1. The summed E-state index contributed by atoms with van der Waals surface area (Å²) < 4.78 is 20.6. The number of thiophene rings is 1. The lowest BCUT2D eigenvalue weighted by Gasteiger charge is -2.08. The Hall–Kier alpha value is -3.26. The molecule has 4 aromatic rings. The summed E-state index contributed by atoms with van der Waals surface area (Å²) in [6, 6.07) is 6.65. The van der Waals surface area contributed by atoms with Gasteiger partial charge in [0.15, 0.2) is 11.6 Å². The van der Waals surface area contributed by atoms with Crippen molar-refractivity contribution >= 4 is 27.5 Å². The van der Waals surface area contributed by atoms with Gasteiger partial charge in [0.25, 0.3) is 5.91 Å². The Kier molecular flexibility index (Phi) is 6.40. The summed E-state index contributed by atoms with van der Waals surface area (Å²) in [5.74, 6) is -0.520. The lowest BCUT2D eigenvalue weighted by atomic mass is 10.0. The predicted octanol–water partition coefficient (Wildman–Crippen LogP) is 5.03. The van der Waals surface area contributed by atoms with E-state index in [0.29, 0.717) is 10.4 Å². The summed E-state index contributed by atoms with van der Waals surface area (Å²) in [5, 5.41) is 8.12. The number of ether oxygens (including phenoxy) is 1. The minimum absolute atomic E-state index is 0. The van der Waals surface area contributed by atoms with Gasteiger partial charge in [0.05, 0.1) is 13.3 Å². The number of nitrogens with zero attached hydrogens (tertiary/aromatic N) is 3. The molecule has 3 heterocycles. The highest BCUT2D eigenvalue weighted by atomic mass is 32.1. The standard InChI is InChI=1S/C22H21FN4O2S.CH4/c1-12-7-13(2)26-22-18(12)19(15-10-25-27(3)11-15)20(30-22)21(28)24-9-14-5-6-17(29-4)16(23)8-14;/h5-8,10-11H,9H2,1-4H3,(H,24,28);1H4. The second kappa shape index (κ2) is 8.85. The number of carbonyl (C=O) groups is 1. The number of benzene rings is 1. The third-order valence-corrected chi connectivity index (χ3v) is 5.94. The highest BCUT2D eigenvalue weighted by Crippen LogP contribution is 2.39. The van der Waals surface area contributed by atoms with E-state index in [0.717, 1.165) is 32.6 Å². The molecule has 4 rings (SSSR count). The number of carbonyl (C=O) groups excluding carboxylic acids is 1. The summed E-state index contributed by atoms with van der Waals surface area (Å²) in [7, 11) is 3.25. The van der Waals surface area contributed by atoms with Gasteiger partial charge in [0.2, 0.25) is 0 Å². The molecule has 6 nitrogen and oxygen atoms in total. The maximum absolute atomic E-state index is 14.0. The zero-order valence-electron chi connectivity index (χ0n) is 17.1. The molecule has 0 unspecified atom stereocenters. The van der Waals surface area contributed by atoms with Crippen LogP contribution in [-0.4, -0.2) is 27.8 Å². The Labute approximate surface area is 184 Å². The van der Waals surface area contributed by atoms with Gasteiger partial charge in [-0.15, -0.1) is 11.3 Å². The SMILES string of the molecule is C.COc1ccc(CNC(=O)c2sc3nc(C)cc(C)c3c2-c2cnn(C)c2)cc1F. The van der Waals surface area contributed by atoms with E-state index in [1.807, 2.05) is 33.2 Å². The van der Waals surface area contributed by atoms with Crippen LogP contribution in [0.5, 0.6) is 5.75 Å². The van der Waals surface area contributed by atoms with E-state index in [1.54, 1.807) is 23.0 Å². The molecule has 0 saturated heterocycles. The number of hydrogen-bond acceptors (Lipinski definition) is 5. The number of methoxy groups -OCH3 is 1. The first kappa shape index (κ1) is 22.4. The number of nitrogens with one attached hydrogen (secondary N) is 1.